The van der Waals surface area contributed by atoms with E-state index in [1.54, 1.807) is 0 Å². The van der Waals surface area contributed by atoms with Gasteiger partial charge in [0, 0.05) is 23.6 Å². The number of aromatic nitrogens is 2. The molecule has 1 saturated carbocycles. The Morgan fingerprint density at radius 3 is 2.54 bits per heavy atom. The van der Waals surface area contributed by atoms with Crippen LogP contribution in [-0.4, -0.2) is 32.7 Å². The number of thioether (sulfide) groups is 1. The molecule has 1 heterocycles. The Hall–Kier alpha value is -2.95. The van der Waals surface area contributed by atoms with Crippen molar-refractivity contribution in [3.8, 4) is 0 Å². The number of rotatable bonds is 6. The highest BCUT2D eigenvalue weighted by Crippen LogP contribution is 2.32. The number of carbonyl (C=O) groups excluding carboxylic acids is 2. The Morgan fingerprint density at radius 1 is 1.14 bits per heavy atom. The number of hydrogen-bond donors (Lipinski definition) is 2. The first-order chi connectivity index (χ1) is 13.5. The molecule has 1 aliphatic carbocycles. The second-order valence-electron chi connectivity index (χ2n) is 6.34. The quantitative estimate of drug-likeness (QED) is 0.424. The van der Waals surface area contributed by atoms with Crippen molar-refractivity contribution in [3.63, 3.8) is 0 Å². The van der Waals surface area contributed by atoms with Gasteiger partial charge in [-0.2, -0.15) is 0 Å². The number of carbonyl (C=O) groups is 2. The van der Waals surface area contributed by atoms with E-state index in [0.29, 0.717) is 17.0 Å². The number of nitro benzene ring substituents is 1. The minimum Gasteiger partial charge on any atom is -0.416 e. The van der Waals surface area contributed by atoms with Crippen LogP contribution in [0.3, 0.4) is 0 Å². The lowest BCUT2D eigenvalue weighted by Gasteiger charge is -2.17. The van der Waals surface area contributed by atoms with Crippen molar-refractivity contribution < 1.29 is 18.9 Å². The molecule has 2 amide bonds. The summed E-state index contributed by atoms with van der Waals surface area (Å²) in [6, 6.07) is 5.04. The summed E-state index contributed by atoms with van der Waals surface area (Å²) in [7, 11) is 0. The molecule has 3 rings (SSSR count). The van der Waals surface area contributed by atoms with Crippen LogP contribution in [0.1, 0.15) is 54.3 Å². The molecular formula is C17H19N5O5S. The topological polar surface area (TPSA) is 140 Å². The summed E-state index contributed by atoms with van der Waals surface area (Å²) in [4.78, 5) is 33.9. The molecule has 0 spiro atoms. The molecule has 10 nitrogen and oxygen atoms in total. The zero-order valence-corrected chi connectivity index (χ0v) is 15.7. The largest absolute Gasteiger partial charge is 0.416 e. The van der Waals surface area contributed by atoms with Gasteiger partial charge in [-0.1, -0.05) is 31.0 Å². The second kappa shape index (κ2) is 9.31. The van der Waals surface area contributed by atoms with Crippen molar-refractivity contribution in [2.45, 2.75) is 43.2 Å². The molecule has 0 aliphatic heterocycles. The molecule has 0 radical (unpaired) electrons. The first kappa shape index (κ1) is 19.8. The van der Waals surface area contributed by atoms with Gasteiger partial charge in [0.1, 0.15) is 0 Å². The van der Waals surface area contributed by atoms with Gasteiger partial charge >= 0.3 is 0 Å². The number of nitrogens with zero attached hydrogens (tertiary/aromatic N) is 3. The van der Waals surface area contributed by atoms with Gasteiger partial charge in [0.15, 0.2) is 0 Å². The van der Waals surface area contributed by atoms with Gasteiger partial charge in [0.25, 0.3) is 16.8 Å². The van der Waals surface area contributed by atoms with Crippen molar-refractivity contribution in [2.75, 3.05) is 5.75 Å². The normalized spacial score (nSPS) is 14.4. The van der Waals surface area contributed by atoms with Gasteiger partial charge in [-0.05, 0) is 25.0 Å². The third-order valence-electron chi connectivity index (χ3n) is 4.36. The van der Waals surface area contributed by atoms with E-state index in [9.17, 15) is 19.7 Å². The molecule has 1 fully saturated rings. The maximum absolute atomic E-state index is 11.9. The third kappa shape index (κ3) is 5.28. The van der Waals surface area contributed by atoms with E-state index >= 15 is 0 Å². The molecule has 0 unspecified atom stereocenters. The Bertz CT molecular complexity index is 848. The smallest absolute Gasteiger partial charge is 0.277 e. The SMILES string of the molecule is O=C(CSc1nnc(C2CCCCC2)o1)NNC(=O)c1ccc([N+](=O)[O-])cc1. The van der Waals surface area contributed by atoms with Crippen LogP contribution in [0.5, 0.6) is 0 Å². The van der Waals surface area contributed by atoms with Crippen LogP contribution in [0, 0.1) is 10.1 Å². The van der Waals surface area contributed by atoms with Crippen molar-refractivity contribution >= 4 is 29.3 Å². The van der Waals surface area contributed by atoms with Crippen LogP contribution in [0.25, 0.3) is 0 Å². The van der Waals surface area contributed by atoms with Crippen molar-refractivity contribution in [1.82, 2.24) is 21.0 Å². The maximum Gasteiger partial charge on any atom is 0.277 e. The van der Waals surface area contributed by atoms with Crippen molar-refractivity contribution in [1.29, 1.82) is 0 Å². The van der Waals surface area contributed by atoms with Gasteiger partial charge in [0.05, 0.1) is 10.7 Å². The highest BCUT2D eigenvalue weighted by Gasteiger charge is 2.21. The molecule has 0 saturated heterocycles. The molecule has 1 aliphatic rings. The minimum atomic E-state index is -0.578. The number of benzene rings is 1. The summed E-state index contributed by atoms with van der Waals surface area (Å²) in [6.07, 6.45) is 5.64. The lowest BCUT2D eigenvalue weighted by molar-refractivity contribution is -0.384. The van der Waals surface area contributed by atoms with E-state index in [4.69, 9.17) is 4.42 Å². The average Bonchev–Trinajstić information content (AvgIpc) is 3.20. The van der Waals surface area contributed by atoms with Crippen LogP contribution >= 0.6 is 11.8 Å². The number of non-ortho nitro benzene ring substituents is 1. The minimum absolute atomic E-state index is 0.00710. The molecule has 1 aromatic heterocycles. The summed E-state index contributed by atoms with van der Waals surface area (Å²) in [5.74, 6) is -0.116. The molecule has 0 bridgehead atoms. The average molecular weight is 405 g/mol. The summed E-state index contributed by atoms with van der Waals surface area (Å²) >= 11 is 1.09. The summed E-state index contributed by atoms with van der Waals surface area (Å²) in [6.45, 7) is 0. The molecule has 1 aromatic carbocycles. The van der Waals surface area contributed by atoms with E-state index in [1.165, 1.54) is 30.7 Å². The van der Waals surface area contributed by atoms with E-state index < -0.39 is 16.7 Å². The van der Waals surface area contributed by atoms with Gasteiger partial charge in [-0.3, -0.25) is 30.6 Å². The number of nitrogens with one attached hydrogen (secondary N) is 2. The Balaban J connectivity index is 1.42. The summed E-state index contributed by atoms with van der Waals surface area (Å²) in [5, 5.41) is 18.9. The lowest BCUT2D eigenvalue weighted by Crippen LogP contribution is -2.42. The molecule has 0 atom stereocenters. The number of amides is 2. The van der Waals surface area contributed by atoms with E-state index in [0.717, 1.165) is 37.4 Å². The van der Waals surface area contributed by atoms with E-state index in [-0.39, 0.29) is 17.0 Å². The summed E-state index contributed by atoms with van der Waals surface area (Å²) in [5.41, 5.74) is 4.59. The monoisotopic (exact) mass is 405 g/mol. The van der Waals surface area contributed by atoms with Crippen molar-refractivity contribution in [2.24, 2.45) is 0 Å². The zero-order valence-electron chi connectivity index (χ0n) is 14.9. The predicted octanol–water partition coefficient (Wildman–Crippen LogP) is 2.58. The molecule has 11 heteroatoms. The lowest BCUT2D eigenvalue weighted by atomic mass is 9.89. The first-order valence-electron chi connectivity index (χ1n) is 8.83. The van der Waals surface area contributed by atoms with Gasteiger partial charge < -0.3 is 4.42 Å². The molecule has 28 heavy (non-hydrogen) atoms. The highest BCUT2D eigenvalue weighted by atomic mass is 32.2. The predicted molar refractivity (Wildman–Crippen MR) is 99.6 cm³/mol. The molecule has 2 N–H and O–H groups in total. The van der Waals surface area contributed by atoms with Crippen LogP contribution in [0.4, 0.5) is 5.69 Å². The second-order valence-corrected chi connectivity index (χ2v) is 7.26. The van der Waals surface area contributed by atoms with Crippen LogP contribution in [-0.2, 0) is 4.79 Å². The standard InChI is InChI=1S/C17H19N5O5S/c23-14(18-19-15(24)11-6-8-13(9-7-11)22(25)26)10-28-17-21-20-16(27-17)12-4-2-1-3-5-12/h6-9,12H,1-5,10H2,(H,18,23)(H,19,24). The fourth-order valence-corrected chi connectivity index (χ4v) is 3.46. The van der Waals surface area contributed by atoms with Crippen LogP contribution < -0.4 is 10.9 Å². The molecule has 148 valence electrons. The molecule has 2 aromatic rings. The van der Waals surface area contributed by atoms with Gasteiger partial charge in [-0.25, -0.2) is 0 Å². The van der Waals surface area contributed by atoms with E-state index in [2.05, 4.69) is 21.0 Å². The number of hydrogen-bond acceptors (Lipinski definition) is 8. The van der Waals surface area contributed by atoms with Crippen LogP contribution in [0.15, 0.2) is 33.9 Å². The maximum atomic E-state index is 11.9. The van der Waals surface area contributed by atoms with E-state index in [1.807, 2.05) is 0 Å². The fraction of sp³-hybridized carbons (Fsp3) is 0.412. The van der Waals surface area contributed by atoms with Crippen LogP contribution in [0.2, 0.25) is 0 Å². The zero-order chi connectivity index (χ0) is 19.9. The number of hydrazine groups is 1. The van der Waals surface area contributed by atoms with Gasteiger partial charge in [-0.15, -0.1) is 10.2 Å². The first-order valence-corrected chi connectivity index (χ1v) is 9.81. The fourth-order valence-electron chi connectivity index (χ4n) is 2.89. The third-order valence-corrected chi connectivity index (χ3v) is 5.18. The Kier molecular flexibility index (Phi) is 6.58. The number of nitro groups is 1. The highest BCUT2D eigenvalue weighted by molar-refractivity contribution is 7.99. The summed E-state index contributed by atoms with van der Waals surface area (Å²) < 4.78 is 5.62. The van der Waals surface area contributed by atoms with Gasteiger partial charge in [0.2, 0.25) is 11.8 Å². The Morgan fingerprint density at radius 2 is 1.86 bits per heavy atom. The molecular weight excluding hydrogens is 386 g/mol. The van der Waals surface area contributed by atoms with Crippen molar-refractivity contribution in [3.05, 3.63) is 45.8 Å². The Labute approximate surface area is 164 Å².